The van der Waals surface area contributed by atoms with E-state index in [9.17, 15) is 9.90 Å². The lowest BCUT2D eigenvalue weighted by atomic mass is 10.2. The van der Waals surface area contributed by atoms with E-state index in [1.165, 1.54) is 6.21 Å². The van der Waals surface area contributed by atoms with Crippen LogP contribution in [0, 0.1) is 0 Å². The summed E-state index contributed by atoms with van der Waals surface area (Å²) >= 11 is 0. The fraction of sp³-hybridized carbons (Fsp3) is 0. The number of para-hydroxylation sites is 1. The molecular weight excluding hydrogens is 266 g/mol. The smallest absolute Gasteiger partial charge is 0.273 e. The molecular formula is C16H13N3O2. The first kappa shape index (κ1) is 12.9. The summed E-state index contributed by atoms with van der Waals surface area (Å²) in [7, 11) is 0. The summed E-state index contributed by atoms with van der Waals surface area (Å²) in [4.78, 5) is 15.1. The molecule has 0 unspecified atom stereocenters. The first-order valence-corrected chi connectivity index (χ1v) is 6.42. The minimum Gasteiger partial charge on any atom is -0.508 e. The Kier molecular flexibility index (Phi) is 3.39. The quantitative estimate of drug-likeness (QED) is 0.509. The number of aromatic hydroxyl groups is 1. The molecule has 5 heteroatoms. The van der Waals surface area contributed by atoms with Gasteiger partial charge in [0.15, 0.2) is 0 Å². The van der Waals surface area contributed by atoms with Gasteiger partial charge >= 0.3 is 0 Å². The minimum atomic E-state index is -0.288. The molecule has 0 aliphatic heterocycles. The van der Waals surface area contributed by atoms with Crippen LogP contribution in [0.15, 0.2) is 59.8 Å². The third kappa shape index (κ3) is 2.76. The van der Waals surface area contributed by atoms with E-state index in [4.69, 9.17) is 0 Å². The van der Waals surface area contributed by atoms with Crippen LogP contribution in [0.4, 0.5) is 0 Å². The molecule has 0 atom stereocenters. The second kappa shape index (κ2) is 5.50. The van der Waals surface area contributed by atoms with Gasteiger partial charge in [-0.15, -0.1) is 0 Å². The normalized spacial score (nSPS) is 11.0. The van der Waals surface area contributed by atoms with Crippen molar-refractivity contribution in [1.82, 2.24) is 10.4 Å². The molecule has 5 nitrogen and oxygen atoms in total. The number of phenolic OH excluding ortho intramolecular Hbond substituents is 1. The van der Waals surface area contributed by atoms with Crippen LogP contribution in [0.3, 0.4) is 0 Å². The number of hydrazone groups is 1. The second-order valence-corrected chi connectivity index (χ2v) is 4.54. The van der Waals surface area contributed by atoms with Crippen LogP contribution in [0.2, 0.25) is 0 Å². The van der Waals surface area contributed by atoms with Crippen molar-refractivity contribution in [3.05, 3.63) is 65.9 Å². The molecule has 0 fully saturated rings. The Morgan fingerprint density at radius 2 is 2.05 bits per heavy atom. The van der Waals surface area contributed by atoms with Crippen LogP contribution < -0.4 is 5.43 Å². The van der Waals surface area contributed by atoms with Crippen molar-refractivity contribution in [3.8, 4) is 5.75 Å². The van der Waals surface area contributed by atoms with Crippen LogP contribution in [-0.4, -0.2) is 22.2 Å². The number of aromatic amines is 1. The zero-order valence-corrected chi connectivity index (χ0v) is 11.1. The molecule has 3 rings (SSSR count). The number of fused-ring (bicyclic) bond motifs is 1. The molecule has 2 aromatic carbocycles. The van der Waals surface area contributed by atoms with Crippen molar-refractivity contribution in [2.45, 2.75) is 0 Å². The largest absolute Gasteiger partial charge is 0.508 e. The average Bonchev–Trinajstić information content (AvgIpc) is 2.91. The van der Waals surface area contributed by atoms with Gasteiger partial charge in [0.05, 0.1) is 11.8 Å². The lowest BCUT2D eigenvalue weighted by Crippen LogP contribution is -2.17. The molecule has 0 saturated carbocycles. The number of hydrogen-bond donors (Lipinski definition) is 3. The summed E-state index contributed by atoms with van der Waals surface area (Å²) in [6.07, 6.45) is 3.14. The number of nitrogens with one attached hydrogen (secondary N) is 2. The number of phenols is 1. The molecule has 1 amide bonds. The van der Waals surface area contributed by atoms with Crippen molar-refractivity contribution < 1.29 is 9.90 Å². The number of carbonyl (C=O) groups excluding carboxylic acids is 1. The van der Waals surface area contributed by atoms with E-state index in [1.54, 1.807) is 30.5 Å². The number of carbonyl (C=O) groups is 1. The molecule has 3 N–H and O–H groups in total. The lowest BCUT2D eigenvalue weighted by molar-refractivity contribution is 0.0957. The van der Waals surface area contributed by atoms with E-state index in [-0.39, 0.29) is 11.7 Å². The van der Waals surface area contributed by atoms with Crippen molar-refractivity contribution in [2.75, 3.05) is 0 Å². The van der Waals surface area contributed by atoms with Crippen LogP contribution in [0.1, 0.15) is 15.9 Å². The average molecular weight is 279 g/mol. The summed E-state index contributed by atoms with van der Waals surface area (Å²) in [5.74, 6) is -0.134. The summed E-state index contributed by atoms with van der Waals surface area (Å²) in [5, 5.41) is 14.1. The highest BCUT2D eigenvalue weighted by Gasteiger charge is 2.10. The fourth-order valence-electron chi connectivity index (χ4n) is 2.09. The number of amides is 1. The first-order valence-electron chi connectivity index (χ1n) is 6.42. The van der Waals surface area contributed by atoms with Gasteiger partial charge in [0, 0.05) is 17.1 Å². The van der Waals surface area contributed by atoms with Crippen LogP contribution in [-0.2, 0) is 0 Å². The monoisotopic (exact) mass is 279 g/mol. The van der Waals surface area contributed by atoms with E-state index < -0.39 is 0 Å². The number of aromatic nitrogens is 1. The number of hydrogen-bond acceptors (Lipinski definition) is 3. The Hall–Kier alpha value is -3.08. The SMILES string of the molecule is O=C(NN=Cc1cccc(O)c1)c1c[nH]c2ccccc12. The molecule has 104 valence electrons. The zero-order valence-electron chi connectivity index (χ0n) is 11.1. The number of benzene rings is 2. The van der Waals surface area contributed by atoms with E-state index in [0.29, 0.717) is 11.1 Å². The second-order valence-electron chi connectivity index (χ2n) is 4.54. The summed E-state index contributed by atoms with van der Waals surface area (Å²) in [5.41, 5.74) is 4.62. The molecule has 0 radical (unpaired) electrons. The molecule has 1 aromatic heterocycles. The maximum atomic E-state index is 12.1. The molecule has 0 aliphatic carbocycles. The van der Waals surface area contributed by atoms with Gasteiger partial charge in [-0.3, -0.25) is 4.79 Å². The first-order chi connectivity index (χ1) is 10.2. The van der Waals surface area contributed by atoms with Gasteiger partial charge < -0.3 is 10.1 Å². The van der Waals surface area contributed by atoms with Crippen LogP contribution in [0.5, 0.6) is 5.75 Å². The third-order valence-corrected chi connectivity index (χ3v) is 3.08. The summed E-state index contributed by atoms with van der Waals surface area (Å²) < 4.78 is 0. The highest BCUT2D eigenvalue weighted by Crippen LogP contribution is 2.17. The molecule has 0 aliphatic rings. The Labute approximate surface area is 120 Å². The predicted molar refractivity (Wildman–Crippen MR) is 81.5 cm³/mol. The third-order valence-electron chi connectivity index (χ3n) is 3.08. The Bertz CT molecular complexity index is 821. The van der Waals surface area contributed by atoms with Gasteiger partial charge in [0.25, 0.3) is 5.91 Å². The van der Waals surface area contributed by atoms with Crippen molar-refractivity contribution in [3.63, 3.8) is 0 Å². The molecule has 21 heavy (non-hydrogen) atoms. The van der Waals surface area contributed by atoms with Gasteiger partial charge in [-0.05, 0) is 23.8 Å². The number of rotatable bonds is 3. The van der Waals surface area contributed by atoms with Gasteiger partial charge in [0.1, 0.15) is 5.75 Å². The number of H-pyrrole nitrogens is 1. The maximum Gasteiger partial charge on any atom is 0.273 e. The molecule has 3 aromatic rings. The summed E-state index contributed by atoms with van der Waals surface area (Å²) in [6.45, 7) is 0. The molecule has 1 heterocycles. The highest BCUT2D eigenvalue weighted by atomic mass is 16.3. The number of nitrogens with zero attached hydrogens (tertiary/aromatic N) is 1. The van der Waals surface area contributed by atoms with E-state index >= 15 is 0 Å². The predicted octanol–water partition coefficient (Wildman–Crippen LogP) is 2.64. The topological polar surface area (TPSA) is 77.5 Å². The van der Waals surface area contributed by atoms with Gasteiger partial charge in [-0.25, -0.2) is 5.43 Å². The van der Waals surface area contributed by atoms with E-state index in [2.05, 4.69) is 15.5 Å². The molecule has 0 bridgehead atoms. The van der Waals surface area contributed by atoms with Gasteiger partial charge in [0.2, 0.25) is 0 Å². The van der Waals surface area contributed by atoms with Crippen molar-refractivity contribution in [1.29, 1.82) is 0 Å². The molecule has 0 spiro atoms. The van der Waals surface area contributed by atoms with Crippen molar-refractivity contribution >= 4 is 23.0 Å². The highest BCUT2D eigenvalue weighted by molar-refractivity contribution is 6.06. The van der Waals surface area contributed by atoms with Gasteiger partial charge in [-0.1, -0.05) is 30.3 Å². The zero-order chi connectivity index (χ0) is 14.7. The maximum absolute atomic E-state index is 12.1. The van der Waals surface area contributed by atoms with Crippen LogP contribution >= 0.6 is 0 Å². The molecule has 0 saturated heterocycles. The lowest BCUT2D eigenvalue weighted by Gasteiger charge is -1.98. The van der Waals surface area contributed by atoms with Crippen LogP contribution in [0.25, 0.3) is 10.9 Å². The minimum absolute atomic E-state index is 0.155. The standard InChI is InChI=1S/C16H13N3O2/c20-12-5-3-4-11(8-12)9-18-19-16(21)14-10-17-15-7-2-1-6-13(14)15/h1-10,17,20H,(H,19,21). The summed E-state index contributed by atoms with van der Waals surface area (Å²) in [6, 6.07) is 14.2. The Balaban J connectivity index is 1.75. The van der Waals surface area contributed by atoms with Crippen molar-refractivity contribution in [2.24, 2.45) is 5.10 Å². The van der Waals surface area contributed by atoms with E-state index in [1.807, 2.05) is 24.3 Å². The van der Waals surface area contributed by atoms with E-state index in [0.717, 1.165) is 10.9 Å². The van der Waals surface area contributed by atoms with Gasteiger partial charge in [-0.2, -0.15) is 5.10 Å². The Morgan fingerprint density at radius 3 is 2.90 bits per heavy atom. The fourth-order valence-corrected chi connectivity index (χ4v) is 2.09. The Morgan fingerprint density at radius 1 is 1.19 bits per heavy atom.